The predicted octanol–water partition coefficient (Wildman–Crippen LogP) is 1.57. The van der Waals surface area contributed by atoms with Gasteiger partial charge in [-0.15, -0.1) is 12.4 Å². The maximum atomic E-state index is 5.58. The number of hydrogen-bond acceptors (Lipinski definition) is 2. The molecule has 1 aliphatic heterocycles. The summed E-state index contributed by atoms with van der Waals surface area (Å²) < 4.78 is 5.14. The van der Waals surface area contributed by atoms with E-state index in [9.17, 15) is 0 Å². The van der Waals surface area contributed by atoms with Gasteiger partial charge < -0.3 is 10.5 Å². The van der Waals surface area contributed by atoms with Gasteiger partial charge in [0, 0.05) is 5.70 Å². The molecule has 1 atom stereocenters. The van der Waals surface area contributed by atoms with Gasteiger partial charge in [0.05, 0.1) is 6.26 Å². The van der Waals surface area contributed by atoms with Crippen molar-refractivity contribution >= 4 is 12.4 Å². The first kappa shape index (κ1) is 9.37. The van der Waals surface area contributed by atoms with E-state index in [1.54, 1.807) is 12.3 Å². The molecule has 1 rings (SSSR count). The molecule has 0 spiro atoms. The minimum Gasteiger partial charge on any atom is -0.494 e. The standard InChI is InChI=1S/C7H11NO.ClH/c1-5-6(2)9-4-3-7(5)8;/h3-4,6H,8H2,1-2H3;1H. The second-order valence-electron chi connectivity index (χ2n) is 2.22. The number of nitrogens with two attached hydrogens (primary N) is 1. The van der Waals surface area contributed by atoms with Crippen LogP contribution in [0.2, 0.25) is 0 Å². The molecule has 0 aromatic heterocycles. The lowest BCUT2D eigenvalue weighted by atomic mass is 10.1. The van der Waals surface area contributed by atoms with E-state index in [0.717, 1.165) is 11.3 Å². The van der Waals surface area contributed by atoms with E-state index in [1.165, 1.54) is 0 Å². The van der Waals surface area contributed by atoms with E-state index in [0.29, 0.717) is 0 Å². The Kier molecular flexibility index (Phi) is 3.30. The first-order valence-electron chi connectivity index (χ1n) is 3.00. The maximum Gasteiger partial charge on any atom is 0.118 e. The van der Waals surface area contributed by atoms with Crippen molar-refractivity contribution in [2.24, 2.45) is 5.73 Å². The van der Waals surface area contributed by atoms with Crippen molar-refractivity contribution < 1.29 is 4.74 Å². The molecule has 0 fully saturated rings. The number of halogens is 1. The molecular weight excluding hydrogens is 150 g/mol. The zero-order valence-corrected chi connectivity index (χ0v) is 6.94. The molecule has 1 heterocycles. The highest BCUT2D eigenvalue weighted by atomic mass is 35.5. The minimum absolute atomic E-state index is 0. The number of ether oxygens (including phenoxy) is 1. The van der Waals surface area contributed by atoms with Gasteiger partial charge in [-0.25, -0.2) is 0 Å². The highest BCUT2D eigenvalue weighted by Crippen LogP contribution is 2.13. The van der Waals surface area contributed by atoms with Gasteiger partial charge in [-0.1, -0.05) is 0 Å². The number of rotatable bonds is 0. The Bertz CT molecular complexity index is 174. The zero-order valence-electron chi connectivity index (χ0n) is 6.13. The Hall–Kier alpha value is -0.630. The first-order chi connectivity index (χ1) is 4.22. The molecule has 0 aromatic rings. The van der Waals surface area contributed by atoms with Gasteiger partial charge in [-0.2, -0.15) is 0 Å². The summed E-state index contributed by atoms with van der Waals surface area (Å²) in [5, 5.41) is 0. The highest BCUT2D eigenvalue weighted by Gasteiger charge is 2.09. The molecule has 0 saturated heterocycles. The highest BCUT2D eigenvalue weighted by molar-refractivity contribution is 5.85. The molecule has 2 nitrogen and oxygen atoms in total. The molecule has 0 radical (unpaired) electrons. The molecule has 0 aliphatic carbocycles. The average molecular weight is 162 g/mol. The lowest BCUT2D eigenvalue weighted by Crippen LogP contribution is -2.14. The van der Waals surface area contributed by atoms with Crippen molar-refractivity contribution in [3.8, 4) is 0 Å². The largest absolute Gasteiger partial charge is 0.494 e. The van der Waals surface area contributed by atoms with Crippen molar-refractivity contribution in [1.82, 2.24) is 0 Å². The smallest absolute Gasteiger partial charge is 0.118 e. The summed E-state index contributed by atoms with van der Waals surface area (Å²) in [4.78, 5) is 0. The van der Waals surface area contributed by atoms with Crippen LogP contribution in [0.5, 0.6) is 0 Å². The van der Waals surface area contributed by atoms with Crippen LogP contribution in [0.15, 0.2) is 23.6 Å². The van der Waals surface area contributed by atoms with Crippen LogP contribution in [-0.4, -0.2) is 6.10 Å². The Morgan fingerprint density at radius 3 is 2.60 bits per heavy atom. The second kappa shape index (κ2) is 3.52. The molecule has 0 amide bonds. The van der Waals surface area contributed by atoms with E-state index in [2.05, 4.69) is 0 Å². The fraction of sp³-hybridized carbons (Fsp3) is 0.429. The Morgan fingerprint density at radius 2 is 2.20 bits per heavy atom. The summed E-state index contributed by atoms with van der Waals surface area (Å²) in [6.07, 6.45) is 3.55. The van der Waals surface area contributed by atoms with E-state index >= 15 is 0 Å². The Labute approximate surface area is 67.2 Å². The number of hydrogen-bond donors (Lipinski definition) is 1. The molecule has 1 aliphatic rings. The van der Waals surface area contributed by atoms with E-state index < -0.39 is 0 Å². The molecule has 0 saturated carbocycles. The van der Waals surface area contributed by atoms with E-state index in [4.69, 9.17) is 10.5 Å². The third kappa shape index (κ3) is 1.67. The maximum absolute atomic E-state index is 5.58. The van der Waals surface area contributed by atoms with Crippen molar-refractivity contribution in [3.05, 3.63) is 23.6 Å². The summed E-state index contributed by atoms with van der Waals surface area (Å²) in [6.45, 7) is 3.95. The quantitative estimate of drug-likeness (QED) is 0.586. The molecule has 0 aromatic carbocycles. The van der Waals surface area contributed by atoms with Gasteiger partial charge in [0.25, 0.3) is 0 Å². The number of allylic oxidation sites excluding steroid dienone is 1. The fourth-order valence-electron chi connectivity index (χ4n) is 0.699. The second-order valence-corrected chi connectivity index (χ2v) is 2.22. The summed E-state index contributed by atoms with van der Waals surface area (Å²) in [6, 6.07) is 0. The Balaban J connectivity index is 0.000000810. The fourth-order valence-corrected chi connectivity index (χ4v) is 0.699. The van der Waals surface area contributed by atoms with Crippen LogP contribution in [0.3, 0.4) is 0 Å². The van der Waals surface area contributed by atoms with Crippen molar-refractivity contribution in [2.45, 2.75) is 20.0 Å². The summed E-state index contributed by atoms with van der Waals surface area (Å²) in [7, 11) is 0. The van der Waals surface area contributed by atoms with E-state index in [-0.39, 0.29) is 18.5 Å². The van der Waals surface area contributed by atoms with Gasteiger partial charge in [-0.05, 0) is 25.5 Å². The van der Waals surface area contributed by atoms with Gasteiger partial charge >= 0.3 is 0 Å². The van der Waals surface area contributed by atoms with Crippen LogP contribution in [0.1, 0.15) is 13.8 Å². The van der Waals surface area contributed by atoms with Crippen molar-refractivity contribution in [3.63, 3.8) is 0 Å². The SMILES string of the molecule is CC1=C(N)C=COC1C.Cl. The zero-order chi connectivity index (χ0) is 6.85. The van der Waals surface area contributed by atoms with Crippen LogP contribution in [-0.2, 0) is 4.74 Å². The van der Waals surface area contributed by atoms with Gasteiger partial charge in [0.2, 0.25) is 0 Å². The molecule has 3 heteroatoms. The molecule has 1 unspecified atom stereocenters. The van der Waals surface area contributed by atoms with Crippen LogP contribution in [0, 0.1) is 0 Å². The first-order valence-corrected chi connectivity index (χ1v) is 3.00. The Morgan fingerprint density at radius 1 is 1.60 bits per heavy atom. The molecule has 0 bridgehead atoms. The monoisotopic (exact) mass is 161 g/mol. The molecule has 10 heavy (non-hydrogen) atoms. The summed E-state index contributed by atoms with van der Waals surface area (Å²) in [5.74, 6) is 0. The van der Waals surface area contributed by atoms with Crippen LogP contribution >= 0.6 is 12.4 Å². The summed E-state index contributed by atoms with van der Waals surface area (Å²) >= 11 is 0. The lowest BCUT2D eigenvalue weighted by Gasteiger charge is -2.17. The molecular formula is C7H12ClNO. The van der Waals surface area contributed by atoms with Gasteiger partial charge in [0.15, 0.2) is 0 Å². The molecule has 58 valence electrons. The summed E-state index contributed by atoms with van der Waals surface area (Å²) in [5.41, 5.74) is 7.52. The predicted molar refractivity (Wildman–Crippen MR) is 43.8 cm³/mol. The normalized spacial score (nSPS) is 23.6. The molecule has 2 N–H and O–H groups in total. The average Bonchev–Trinajstić information content (AvgIpc) is 1.83. The van der Waals surface area contributed by atoms with Crippen molar-refractivity contribution in [1.29, 1.82) is 0 Å². The topological polar surface area (TPSA) is 35.2 Å². The van der Waals surface area contributed by atoms with Crippen LogP contribution in [0.4, 0.5) is 0 Å². The third-order valence-corrected chi connectivity index (χ3v) is 1.60. The van der Waals surface area contributed by atoms with E-state index in [1.807, 2.05) is 13.8 Å². The van der Waals surface area contributed by atoms with Gasteiger partial charge in [-0.3, -0.25) is 0 Å². The van der Waals surface area contributed by atoms with Crippen molar-refractivity contribution in [2.75, 3.05) is 0 Å². The lowest BCUT2D eigenvalue weighted by molar-refractivity contribution is 0.187. The van der Waals surface area contributed by atoms with Crippen LogP contribution in [0.25, 0.3) is 0 Å². The van der Waals surface area contributed by atoms with Gasteiger partial charge in [0.1, 0.15) is 6.10 Å². The van der Waals surface area contributed by atoms with Crippen LogP contribution < -0.4 is 5.73 Å². The minimum atomic E-state index is 0. The third-order valence-electron chi connectivity index (χ3n) is 1.60.